The van der Waals surface area contributed by atoms with Crippen LogP contribution in [0.5, 0.6) is 0 Å². The fourth-order valence-electron chi connectivity index (χ4n) is 1.82. The Morgan fingerprint density at radius 2 is 2.05 bits per heavy atom. The Balaban J connectivity index is 2.06. The maximum atomic E-state index is 10.4. The van der Waals surface area contributed by atoms with Gasteiger partial charge in [-0.05, 0) is 50.1 Å². The van der Waals surface area contributed by atoms with Gasteiger partial charge in [-0.1, -0.05) is 23.7 Å². The van der Waals surface area contributed by atoms with Crippen LogP contribution in [0.3, 0.4) is 0 Å². The zero-order valence-electron chi connectivity index (χ0n) is 9.36. The molecule has 0 aliphatic carbocycles. The standard InChI is InChI=1S/C13H7Br2ClO2S/c14-7-5-10(19-13(7)15)11(17)9-4-6-2-1-3-8(16)12(6)18-9/h1-5,11,17H. The van der Waals surface area contributed by atoms with Crippen molar-refractivity contribution in [3.63, 3.8) is 0 Å². The lowest BCUT2D eigenvalue weighted by Gasteiger charge is -2.03. The van der Waals surface area contributed by atoms with E-state index in [1.807, 2.05) is 24.3 Å². The van der Waals surface area contributed by atoms with Crippen LogP contribution in [-0.2, 0) is 0 Å². The Labute approximate surface area is 135 Å². The van der Waals surface area contributed by atoms with Gasteiger partial charge in [-0.2, -0.15) is 0 Å². The molecule has 0 saturated carbocycles. The van der Waals surface area contributed by atoms with Gasteiger partial charge in [0.2, 0.25) is 0 Å². The summed E-state index contributed by atoms with van der Waals surface area (Å²) in [7, 11) is 0. The Hall–Kier alpha value is -0.330. The SMILES string of the molecule is OC(c1cc2cccc(Cl)c2o1)c1cc(Br)c(Br)s1. The van der Waals surface area contributed by atoms with Crippen molar-refractivity contribution < 1.29 is 9.52 Å². The number of rotatable bonds is 2. The minimum Gasteiger partial charge on any atom is -0.456 e. The van der Waals surface area contributed by atoms with Crippen LogP contribution in [0, 0.1) is 0 Å². The fraction of sp³-hybridized carbons (Fsp3) is 0.0769. The van der Waals surface area contributed by atoms with Crippen molar-refractivity contribution in [2.24, 2.45) is 0 Å². The second-order valence-corrected chi connectivity index (χ2v) is 7.64. The highest BCUT2D eigenvalue weighted by molar-refractivity contribution is 9.13. The van der Waals surface area contributed by atoms with Crippen molar-refractivity contribution in [1.29, 1.82) is 0 Å². The molecule has 1 unspecified atom stereocenters. The van der Waals surface area contributed by atoms with Gasteiger partial charge >= 0.3 is 0 Å². The minimum atomic E-state index is -0.795. The minimum absolute atomic E-state index is 0.490. The summed E-state index contributed by atoms with van der Waals surface area (Å²) in [6.45, 7) is 0. The van der Waals surface area contributed by atoms with Crippen molar-refractivity contribution in [3.05, 3.63) is 54.3 Å². The first-order valence-corrected chi connectivity index (χ1v) is 8.15. The van der Waals surface area contributed by atoms with Crippen LogP contribution in [0.25, 0.3) is 11.0 Å². The molecule has 1 N–H and O–H groups in total. The zero-order chi connectivity index (χ0) is 13.6. The number of hydrogen-bond acceptors (Lipinski definition) is 3. The monoisotopic (exact) mass is 420 g/mol. The van der Waals surface area contributed by atoms with Crippen molar-refractivity contribution in [2.75, 3.05) is 0 Å². The molecular formula is C13H7Br2ClO2S. The van der Waals surface area contributed by atoms with Crippen molar-refractivity contribution in [2.45, 2.75) is 6.10 Å². The summed E-state index contributed by atoms with van der Waals surface area (Å²) in [4.78, 5) is 0.800. The van der Waals surface area contributed by atoms with Crippen LogP contribution in [0.15, 0.2) is 43.0 Å². The van der Waals surface area contributed by atoms with Crippen LogP contribution in [0.1, 0.15) is 16.7 Å². The quantitative estimate of drug-likeness (QED) is 0.570. The molecule has 98 valence electrons. The van der Waals surface area contributed by atoms with Gasteiger partial charge in [0.25, 0.3) is 0 Å². The number of fused-ring (bicyclic) bond motifs is 1. The molecule has 3 aromatic rings. The predicted molar refractivity (Wildman–Crippen MR) is 85.0 cm³/mol. The molecule has 0 radical (unpaired) electrons. The van der Waals surface area contributed by atoms with E-state index in [4.69, 9.17) is 16.0 Å². The average molecular weight is 423 g/mol. The number of hydrogen-bond donors (Lipinski definition) is 1. The zero-order valence-corrected chi connectivity index (χ0v) is 14.1. The van der Waals surface area contributed by atoms with E-state index in [1.54, 1.807) is 6.07 Å². The summed E-state index contributed by atoms with van der Waals surface area (Å²) in [5, 5.41) is 11.8. The second-order valence-electron chi connectivity index (χ2n) is 3.98. The van der Waals surface area contributed by atoms with E-state index in [0.29, 0.717) is 16.4 Å². The molecule has 0 amide bonds. The second kappa shape index (κ2) is 5.22. The molecule has 3 rings (SSSR count). The summed E-state index contributed by atoms with van der Waals surface area (Å²) < 4.78 is 7.52. The number of benzene rings is 1. The third kappa shape index (κ3) is 2.50. The normalized spacial score (nSPS) is 13.1. The molecule has 2 aromatic heterocycles. The van der Waals surface area contributed by atoms with Crippen molar-refractivity contribution in [1.82, 2.24) is 0 Å². The lowest BCUT2D eigenvalue weighted by atomic mass is 10.2. The van der Waals surface area contributed by atoms with Crippen molar-refractivity contribution >= 4 is 65.8 Å². The third-order valence-corrected chi connectivity index (χ3v) is 6.32. The van der Waals surface area contributed by atoms with Crippen molar-refractivity contribution in [3.8, 4) is 0 Å². The molecule has 0 aliphatic heterocycles. The first-order valence-electron chi connectivity index (χ1n) is 5.37. The fourth-order valence-corrected chi connectivity index (χ4v) is 4.12. The summed E-state index contributed by atoms with van der Waals surface area (Å²) in [5.74, 6) is 0.490. The molecule has 2 nitrogen and oxygen atoms in total. The average Bonchev–Trinajstić information content (AvgIpc) is 2.94. The first kappa shape index (κ1) is 13.6. The number of aliphatic hydroxyl groups is 1. The van der Waals surface area contributed by atoms with E-state index >= 15 is 0 Å². The number of aliphatic hydroxyl groups excluding tert-OH is 1. The summed E-state index contributed by atoms with van der Waals surface area (Å²) in [6.07, 6.45) is -0.795. The number of furan rings is 1. The highest BCUT2D eigenvalue weighted by atomic mass is 79.9. The van der Waals surface area contributed by atoms with Crippen LogP contribution >= 0.6 is 54.8 Å². The van der Waals surface area contributed by atoms with Crippen LogP contribution in [0.2, 0.25) is 5.02 Å². The summed E-state index contributed by atoms with van der Waals surface area (Å²) in [5.41, 5.74) is 0.605. The molecule has 19 heavy (non-hydrogen) atoms. The van der Waals surface area contributed by atoms with Gasteiger partial charge < -0.3 is 9.52 Å². The van der Waals surface area contributed by atoms with Gasteiger partial charge in [0.1, 0.15) is 11.9 Å². The van der Waals surface area contributed by atoms with Crippen LogP contribution < -0.4 is 0 Å². The van der Waals surface area contributed by atoms with E-state index in [1.165, 1.54) is 11.3 Å². The number of thiophene rings is 1. The number of halogens is 3. The predicted octanol–water partition coefficient (Wildman–Crippen LogP) is 5.75. The topological polar surface area (TPSA) is 33.4 Å². The lowest BCUT2D eigenvalue weighted by Crippen LogP contribution is -1.93. The van der Waals surface area contributed by atoms with Gasteiger partial charge in [0, 0.05) is 14.7 Å². The summed E-state index contributed by atoms with van der Waals surface area (Å²) in [6, 6.07) is 9.21. The molecule has 1 atom stereocenters. The highest BCUT2D eigenvalue weighted by Crippen LogP contribution is 2.39. The molecular weight excluding hydrogens is 415 g/mol. The molecule has 0 spiro atoms. The Morgan fingerprint density at radius 1 is 1.26 bits per heavy atom. The van der Waals surface area contributed by atoms with E-state index in [9.17, 15) is 5.11 Å². The van der Waals surface area contributed by atoms with Crippen LogP contribution in [0.4, 0.5) is 0 Å². The van der Waals surface area contributed by atoms with E-state index in [0.717, 1.165) is 18.5 Å². The number of para-hydroxylation sites is 1. The largest absolute Gasteiger partial charge is 0.456 e. The lowest BCUT2D eigenvalue weighted by molar-refractivity contribution is 0.196. The molecule has 6 heteroatoms. The highest BCUT2D eigenvalue weighted by Gasteiger charge is 2.19. The van der Waals surface area contributed by atoms with Gasteiger partial charge in [-0.25, -0.2) is 0 Å². The Morgan fingerprint density at radius 3 is 2.68 bits per heavy atom. The van der Waals surface area contributed by atoms with Gasteiger partial charge in [0.05, 0.1) is 8.81 Å². The molecule has 0 fully saturated rings. The molecule has 1 aromatic carbocycles. The maximum absolute atomic E-state index is 10.4. The van der Waals surface area contributed by atoms with E-state index in [2.05, 4.69) is 31.9 Å². The Bertz CT molecular complexity index is 731. The summed E-state index contributed by atoms with van der Waals surface area (Å²) >= 11 is 14.3. The third-order valence-electron chi connectivity index (χ3n) is 2.72. The van der Waals surface area contributed by atoms with Gasteiger partial charge in [-0.15, -0.1) is 11.3 Å². The Kier molecular flexibility index (Phi) is 3.75. The maximum Gasteiger partial charge on any atom is 0.153 e. The van der Waals surface area contributed by atoms with Gasteiger partial charge in [-0.3, -0.25) is 0 Å². The molecule has 0 aliphatic rings. The first-order chi connectivity index (χ1) is 9.06. The van der Waals surface area contributed by atoms with E-state index < -0.39 is 6.10 Å². The smallest absolute Gasteiger partial charge is 0.153 e. The van der Waals surface area contributed by atoms with Gasteiger partial charge in [0.15, 0.2) is 5.58 Å². The van der Waals surface area contributed by atoms with E-state index in [-0.39, 0.29) is 0 Å². The molecule has 0 saturated heterocycles. The molecule has 2 heterocycles. The van der Waals surface area contributed by atoms with Crippen LogP contribution in [-0.4, -0.2) is 5.11 Å². The molecule has 0 bridgehead atoms.